The Morgan fingerprint density at radius 1 is 0.912 bits per heavy atom. The van der Waals surface area contributed by atoms with E-state index in [-0.39, 0.29) is 54.4 Å². The standard InChI is InChI=1S/C50H53N7O9S2/c1-30-50(59)57-29-41(52-28-43(57)54-30)31-12-14-34(15-13-31)65-24-6-11-44(58)51-18-19-53-67(60,61)35-16-17-42(68(62,63)64)38(27-35)45-39-25-32-7-2-20-55-22-4-9-36(46(32)55)48(39)66-49-37-10-5-23-56-21-3-8-33(47(37)56)26-40(45)49/h12-17,25-27,30,53H,2-11,18-24,28-29H2,1H3,(H-,51,58,62,63,64)/p+1. The highest BCUT2D eigenvalue weighted by Crippen LogP contribution is 2.49. The minimum atomic E-state index is -5.10. The second-order valence-corrected chi connectivity index (χ2v) is 21.8. The molecule has 4 aromatic carbocycles. The molecule has 354 valence electrons. The van der Waals surface area contributed by atoms with Gasteiger partial charge in [-0.15, -0.1) is 0 Å². The van der Waals surface area contributed by atoms with Gasteiger partial charge in [-0.05, 0) is 112 Å². The van der Waals surface area contributed by atoms with E-state index in [1.54, 1.807) is 11.8 Å². The predicted molar refractivity (Wildman–Crippen MR) is 253 cm³/mol. The van der Waals surface area contributed by atoms with Crippen LogP contribution in [0.15, 0.2) is 69.4 Å². The maximum atomic E-state index is 14.0. The van der Waals surface area contributed by atoms with Crippen LogP contribution < -0.4 is 44.6 Å². The predicted octanol–water partition coefficient (Wildman–Crippen LogP) is 0.792. The van der Waals surface area contributed by atoms with Gasteiger partial charge in [-0.1, -0.05) is 0 Å². The summed E-state index contributed by atoms with van der Waals surface area (Å²) in [6.45, 7) is 6.67. The summed E-state index contributed by atoms with van der Waals surface area (Å²) in [6.07, 6.45) is 7.62. The van der Waals surface area contributed by atoms with Gasteiger partial charge in [0.1, 0.15) is 53.0 Å². The number of nitrogens with zero attached hydrogens (tertiary/aromatic N) is 4. The topological polar surface area (TPSA) is 204 Å². The van der Waals surface area contributed by atoms with Crippen LogP contribution in [-0.2, 0) is 55.4 Å². The molecule has 7 aliphatic heterocycles. The third-order valence-corrected chi connectivity index (χ3v) is 16.7. The molecule has 7 heterocycles. The van der Waals surface area contributed by atoms with Crippen LogP contribution in [0.1, 0.15) is 84.4 Å². The van der Waals surface area contributed by atoms with E-state index in [4.69, 9.17) is 9.47 Å². The first-order chi connectivity index (χ1) is 32.8. The Morgan fingerprint density at radius 2 is 1.68 bits per heavy atom. The Kier molecular flexibility index (Phi) is 11.5. The number of benzene rings is 4. The van der Waals surface area contributed by atoms with Crippen molar-refractivity contribution in [2.24, 2.45) is 4.99 Å². The summed E-state index contributed by atoms with van der Waals surface area (Å²) in [5, 5.41) is 4.60. The van der Waals surface area contributed by atoms with Gasteiger partial charge in [-0.3, -0.25) is 19.5 Å². The molecule has 1 unspecified atom stereocenters. The van der Waals surface area contributed by atoms with Gasteiger partial charge in [0.2, 0.25) is 27.0 Å². The summed E-state index contributed by atoms with van der Waals surface area (Å²) in [7, 11) is -9.36. The summed E-state index contributed by atoms with van der Waals surface area (Å²) in [6, 6.07) is 14.9. The summed E-state index contributed by atoms with van der Waals surface area (Å²) in [4.78, 5) is 36.4. The fourth-order valence-electron chi connectivity index (χ4n) is 11.2. The maximum Gasteiger partial charge on any atom is 0.253 e. The summed E-state index contributed by atoms with van der Waals surface area (Å²) >= 11 is 0. The number of aryl methyl sites for hydroxylation is 2. The molecule has 0 saturated heterocycles. The van der Waals surface area contributed by atoms with Crippen LogP contribution in [0.3, 0.4) is 0 Å². The molecule has 2 amide bonds. The van der Waals surface area contributed by atoms with Crippen molar-refractivity contribution in [2.75, 3.05) is 63.9 Å². The van der Waals surface area contributed by atoms with Gasteiger partial charge in [0, 0.05) is 89.7 Å². The van der Waals surface area contributed by atoms with Gasteiger partial charge >= 0.3 is 0 Å². The van der Waals surface area contributed by atoms with E-state index in [1.807, 2.05) is 24.3 Å². The molecule has 3 N–H and O–H groups in total. The molecule has 0 aromatic heterocycles. The lowest BCUT2D eigenvalue weighted by Gasteiger charge is -2.39. The van der Waals surface area contributed by atoms with Crippen LogP contribution in [0.2, 0.25) is 0 Å². The second-order valence-electron chi connectivity index (χ2n) is 18.7. The van der Waals surface area contributed by atoms with E-state index in [1.165, 1.54) is 17.1 Å². The van der Waals surface area contributed by atoms with Crippen LogP contribution in [0.25, 0.3) is 5.57 Å². The lowest BCUT2D eigenvalue weighted by molar-refractivity contribution is -0.443. The second kappa shape index (κ2) is 17.5. The smallest absolute Gasteiger partial charge is 0.253 e. The number of rotatable bonds is 13. The molecule has 0 bridgehead atoms. The molecular formula is C50H54N7O9S2+. The number of nitrogens with one attached hydrogen (secondary N) is 3. The minimum absolute atomic E-state index is 0.00197. The number of sulfonamides is 1. The fourth-order valence-corrected chi connectivity index (χ4v) is 13.0. The van der Waals surface area contributed by atoms with Crippen molar-refractivity contribution >= 4 is 54.8 Å². The van der Waals surface area contributed by atoms with Crippen LogP contribution in [0.4, 0.5) is 5.69 Å². The largest absolute Gasteiger partial charge is 0.744 e. The monoisotopic (exact) mass is 960 g/mol. The van der Waals surface area contributed by atoms with Crippen molar-refractivity contribution in [2.45, 2.75) is 87.0 Å². The van der Waals surface area contributed by atoms with E-state index in [0.29, 0.717) is 53.1 Å². The summed E-state index contributed by atoms with van der Waals surface area (Å²) < 4.78 is 85.6. The van der Waals surface area contributed by atoms with Gasteiger partial charge < -0.3 is 24.2 Å². The van der Waals surface area contributed by atoms with Gasteiger partial charge in [-0.25, -0.2) is 31.1 Å². The van der Waals surface area contributed by atoms with Gasteiger partial charge in [-0.2, -0.15) is 0 Å². The lowest BCUT2D eigenvalue weighted by atomic mass is 9.82. The Morgan fingerprint density at radius 3 is 2.49 bits per heavy atom. The first kappa shape index (κ1) is 44.5. The number of amidine groups is 1. The number of aliphatic imine (C=N–C) groups is 1. The number of carbonyl (C=O) groups is 2. The number of fused-ring (bicyclic) bond motifs is 5. The number of anilines is 1. The number of hydrogen-bond acceptors (Lipinski definition) is 11. The average molecular weight is 961 g/mol. The van der Waals surface area contributed by atoms with Crippen molar-refractivity contribution in [1.82, 2.24) is 19.5 Å². The van der Waals surface area contributed by atoms with Gasteiger partial charge in [0.05, 0.1) is 22.0 Å². The quantitative estimate of drug-likeness (QED) is 0.0861. The van der Waals surface area contributed by atoms with Gasteiger partial charge in [0.15, 0.2) is 12.4 Å². The number of ether oxygens (including phenoxy) is 2. The molecule has 0 radical (unpaired) electrons. The molecule has 68 heavy (non-hydrogen) atoms. The first-order valence-electron chi connectivity index (χ1n) is 23.8. The SMILES string of the molecule is CC1N=C2C[NH+]=C(c3ccc(OCCCC(=O)NCCNS(=O)(=O)c4ccc(S(=O)(=O)[O-])c(C5=c6cc7c8c(c6Oc6c5cc5c9c6CCCN9CCC5)CCC[N+]=8CCC7)c4)cc3)CN2C1=O. The van der Waals surface area contributed by atoms with Crippen LogP contribution >= 0.6 is 0 Å². The van der Waals surface area contributed by atoms with E-state index in [2.05, 4.69) is 41.6 Å². The van der Waals surface area contributed by atoms with Crippen LogP contribution in [0, 0.1) is 0 Å². The normalized spacial score (nSPS) is 19.2. The van der Waals surface area contributed by atoms with Crippen molar-refractivity contribution in [3.63, 3.8) is 0 Å². The highest BCUT2D eigenvalue weighted by Gasteiger charge is 2.39. The number of amides is 2. The van der Waals surface area contributed by atoms with Crippen LogP contribution in [0.5, 0.6) is 17.2 Å². The molecule has 0 saturated carbocycles. The molecule has 11 rings (SSSR count). The zero-order valence-corrected chi connectivity index (χ0v) is 39.6. The zero-order chi connectivity index (χ0) is 46.9. The highest BCUT2D eigenvalue weighted by molar-refractivity contribution is 7.89. The molecule has 0 aliphatic carbocycles. The molecule has 7 aliphatic rings. The van der Waals surface area contributed by atoms with Crippen LogP contribution in [-0.4, -0.2) is 115 Å². The molecule has 0 spiro atoms. The lowest BCUT2D eigenvalue weighted by Crippen LogP contribution is -2.81. The summed E-state index contributed by atoms with van der Waals surface area (Å²) in [5.74, 6) is 2.43. The number of carbonyl (C=O) groups excluding carboxylic acids is 2. The van der Waals surface area contributed by atoms with E-state index in [9.17, 15) is 31.0 Å². The van der Waals surface area contributed by atoms with Crippen molar-refractivity contribution in [3.8, 4) is 17.2 Å². The fraction of sp³-hybridized carbons (Fsp3) is 0.420. The Labute approximate surface area is 395 Å². The molecule has 0 fully saturated rings. The Balaban J connectivity index is 0.802. The average Bonchev–Trinajstić information content (AvgIpc) is 3.62. The maximum absolute atomic E-state index is 14.0. The Bertz CT molecular complexity index is 3240. The third kappa shape index (κ3) is 8.07. The van der Waals surface area contributed by atoms with E-state index < -0.39 is 25.0 Å². The van der Waals surface area contributed by atoms with E-state index >= 15 is 0 Å². The van der Waals surface area contributed by atoms with Crippen molar-refractivity contribution < 1.29 is 45.4 Å². The number of hydrogen-bond donors (Lipinski definition) is 3. The Hall–Kier alpha value is -5.95. The van der Waals surface area contributed by atoms with E-state index in [0.717, 1.165) is 129 Å². The zero-order valence-electron chi connectivity index (χ0n) is 38.0. The molecule has 1 atom stereocenters. The summed E-state index contributed by atoms with van der Waals surface area (Å²) in [5.41, 5.74) is 8.64. The van der Waals surface area contributed by atoms with Gasteiger partial charge in [0.25, 0.3) is 5.91 Å². The highest BCUT2D eigenvalue weighted by atomic mass is 32.2. The molecule has 4 aromatic rings. The first-order valence-corrected chi connectivity index (χ1v) is 26.7. The molecule has 18 heteroatoms. The third-order valence-electron chi connectivity index (χ3n) is 14.3. The molecule has 16 nitrogen and oxygen atoms in total. The molecular weight excluding hydrogens is 907 g/mol. The van der Waals surface area contributed by atoms with Crippen molar-refractivity contribution in [3.05, 3.63) is 104 Å². The minimum Gasteiger partial charge on any atom is -0.744 e. The van der Waals surface area contributed by atoms with Crippen molar-refractivity contribution in [1.29, 1.82) is 0 Å².